The monoisotopic (exact) mass is 440 g/mol. The Morgan fingerprint density at radius 2 is 1.30 bits per heavy atom. The van der Waals surface area contributed by atoms with Gasteiger partial charge in [0.25, 0.3) is 0 Å². The van der Waals surface area contributed by atoms with E-state index in [1.165, 1.54) is 13.2 Å². The van der Waals surface area contributed by atoms with Crippen molar-refractivity contribution >= 4 is 11.9 Å². The summed E-state index contributed by atoms with van der Waals surface area (Å²) in [6.45, 7) is 0. The van der Waals surface area contributed by atoms with Crippen molar-refractivity contribution in [3.63, 3.8) is 0 Å². The van der Waals surface area contributed by atoms with Crippen LogP contribution in [-0.4, -0.2) is 36.4 Å². The quantitative estimate of drug-likeness (QED) is 0.535. The average molecular weight is 440 g/mol. The predicted octanol–water partition coefficient (Wildman–Crippen LogP) is 4.61. The first-order valence-electron chi connectivity index (χ1n) is 7.68. The van der Waals surface area contributed by atoms with E-state index < -0.39 is 46.7 Å². The molecule has 2 rings (SSSR count). The summed E-state index contributed by atoms with van der Waals surface area (Å²) in [5.74, 6) is -3.14. The molecule has 0 aliphatic rings. The highest BCUT2D eigenvalue weighted by atomic mass is 19.4. The molecule has 12 heteroatoms. The highest BCUT2D eigenvalue weighted by Gasteiger charge is 2.32. The van der Waals surface area contributed by atoms with E-state index in [4.69, 9.17) is 10.2 Å². The summed E-state index contributed by atoms with van der Waals surface area (Å²) in [5.41, 5.74) is -2.94. The van der Waals surface area contributed by atoms with Gasteiger partial charge in [0.05, 0.1) is 36.5 Å². The van der Waals surface area contributed by atoms with Crippen LogP contribution < -0.4 is 4.74 Å². The van der Waals surface area contributed by atoms with Crippen LogP contribution in [0.5, 0.6) is 11.5 Å². The van der Waals surface area contributed by atoms with Gasteiger partial charge in [-0.1, -0.05) is 0 Å². The van der Waals surface area contributed by atoms with E-state index in [-0.39, 0.29) is 11.3 Å². The number of hydrogen-bond acceptors (Lipinski definition) is 5. The first-order chi connectivity index (χ1) is 13.7. The third-order valence-electron chi connectivity index (χ3n) is 3.38. The maximum atomic E-state index is 12.4. The molecule has 6 nitrogen and oxygen atoms in total. The van der Waals surface area contributed by atoms with Crippen LogP contribution in [0, 0.1) is 0 Å². The summed E-state index contributed by atoms with van der Waals surface area (Å²) in [6.07, 6.45) is -9.19. The number of carboxylic acids is 1. The Morgan fingerprint density at radius 1 is 0.800 bits per heavy atom. The molecule has 0 spiro atoms. The molecule has 2 aromatic carbocycles. The van der Waals surface area contributed by atoms with Crippen LogP contribution in [-0.2, 0) is 17.1 Å². The molecule has 0 aliphatic carbocycles. The Bertz CT molecular complexity index is 920. The molecule has 0 saturated heterocycles. The molecule has 0 aliphatic heterocycles. The van der Waals surface area contributed by atoms with E-state index in [2.05, 4.69) is 9.47 Å². The number of phenolic OH excluding ortho intramolecular Hbond substituents is 1. The molecule has 30 heavy (non-hydrogen) atoms. The molecular weight excluding hydrogens is 426 g/mol. The van der Waals surface area contributed by atoms with Gasteiger partial charge in [0.15, 0.2) is 0 Å². The molecule has 2 aromatic rings. The maximum Gasteiger partial charge on any atom is 0.416 e. The molecule has 164 valence electrons. The summed E-state index contributed by atoms with van der Waals surface area (Å²) in [5, 5.41) is 17.3. The molecule has 0 saturated carbocycles. The standard InChI is InChI=1S/C10H9F3O3.C8H5F3O3/c1-15-8-4-6(9(14)16-2)3-7(5-8)10(11,12)13;9-8(10,11)5-1-4(7(13)14)2-6(12)3-5/h3-5H,1-2H3;1-3,12H,(H,13,14). The number of phenols is 1. The van der Waals surface area contributed by atoms with Crippen LogP contribution >= 0.6 is 0 Å². The Morgan fingerprint density at radius 3 is 1.73 bits per heavy atom. The van der Waals surface area contributed by atoms with Gasteiger partial charge < -0.3 is 19.7 Å². The second-order valence-electron chi connectivity index (χ2n) is 5.51. The topological polar surface area (TPSA) is 93.1 Å². The van der Waals surface area contributed by atoms with E-state index in [1.807, 2.05) is 0 Å². The van der Waals surface area contributed by atoms with Crippen LogP contribution in [0.15, 0.2) is 36.4 Å². The number of carbonyl (C=O) groups excluding carboxylic acids is 1. The number of hydrogen-bond donors (Lipinski definition) is 2. The highest BCUT2D eigenvalue weighted by Crippen LogP contribution is 2.33. The number of benzene rings is 2. The second kappa shape index (κ2) is 9.37. The molecular formula is C18H14F6O6. The summed E-state index contributed by atoms with van der Waals surface area (Å²) in [6, 6.07) is 4.38. The van der Waals surface area contributed by atoms with Crippen LogP contribution in [0.4, 0.5) is 26.3 Å². The smallest absolute Gasteiger partial charge is 0.416 e. The highest BCUT2D eigenvalue weighted by molar-refractivity contribution is 5.90. The number of aromatic hydroxyl groups is 1. The molecule has 0 aromatic heterocycles. The fraction of sp³-hybridized carbons (Fsp3) is 0.222. The number of carboxylic acid groups (broad SMARTS) is 1. The number of ether oxygens (including phenoxy) is 2. The zero-order chi connectivity index (χ0) is 23.3. The largest absolute Gasteiger partial charge is 0.508 e. The number of carbonyl (C=O) groups is 2. The van der Waals surface area contributed by atoms with Crippen molar-refractivity contribution in [1.82, 2.24) is 0 Å². The van der Waals surface area contributed by atoms with Gasteiger partial charge in [0, 0.05) is 0 Å². The van der Waals surface area contributed by atoms with Crippen molar-refractivity contribution in [3.8, 4) is 11.5 Å². The fourth-order valence-corrected chi connectivity index (χ4v) is 2.01. The predicted molar refractivity (Wildman–Crippen MR) is 89.4 cm³/mol. The van der Waals surface area contributed by atoms with Gasteiger partial charge in [-0.15, -0.1) is 0 Å². The van der Waals surface area contributed by atoms with Gasteiger partial charge >= 0.3 is 24.3 Å². The Hall–Kier alpha value is -3.44. The Kier molecular flexibility index (Phi) is 7.68. The minimum Gasteiger partial charge on any atom is -0.508 e. The van der Waals surface area contributed by atoms with E-state index in [0.29, 0.717) is 18.2 Å². The SMILES string of the molecule is COC(=O)c1cc(OC)cc(C(F)(F)F)c1.O=C(O)c1cc(O)cc(C(F)(F)F)c1. The third-order valence-corrected chi connectivity index (χ3v) is 3.38. The molecule has 0 bridgehead atoms. The normalized spacial score (nSPS) is 11.2. The van der Waals surface area contributed by atoms with Gasteiger partial charge in [0.1, 0.15) is 11.5 Å². The van der Waals surface area contributed by atoms with E-state index in [9.17, 15) is 35.9 Å². The fourth-order valence-electron chi connectivity index (χ4n) is 2.01. The van der Waals surface area contributed by atoms with Crippen molar-refractivity contribution in [2.24, 2.45) is 0 Å². The number of alkyl halides is 6. The van der Waals surface area contributed by atoms with Crippen molar-refractivity contribution in [1.29, 1.82) is 0 Å². The molecule has 0 amide bonds. The van der Waals surface area contributed by atoms with Gasteiger partial charge in [0.2, 0.25) is 0 Å². The average Bonchev–Trinajstić information content (AvgIpc) is 2.65. The molecule has 0 radical (unpaired) electrons. The van der Waals surface area contributed by atoms with Crippen molar-refractivity contribution in [2.75, 3.05) is 14.2 Å². The minimum absolute atomic E-state index is 0.0461. The van der Waals surface area contributed by atoms with Crippen molar-refractivity contribution in [2.45, 2.75) is 12.4 Å². The van der Waals surface area contributed by atoms with E-state index in [1.54, 1.807) is 0 Å². The zero-order valence-corrected chi connectivity index (χ0v) is 15.3. The lowest BCUT2D eigenvalue weighted by molar-refractivity contribution is -0.138. The molecule has 0 heterocycles. The van der Waals surface area contributed by atoms with Gasteiger partial charge in [-0.3, -0.25) is 0 Å². The molecule has 0 atom stereocenters. The first kappa shape index (κ1) is 24.6. The van der Waals surface area contributed by atoms with Crippen LogP contribution in [0.3, 0.4) is 0 Å². The molecule has 0 unspecified atom stereocenters. The number of halogens is 6. The zero-order valence-electron chi connectivity index (χ0n) is 15.3. The summed E-state index contributed by atoms with van der Waals surface area (Å²) in [4.78, 5) is 21.5. The van der Waals surface area contributed by atoms with Gasteiger partial charge in [-0.2, -0.15) is 26.3 Å². The van der Waals surface area contributed by atoms with Gasteiger partial charge in [-0.05, 0) is 36.4 Å². The number of esters is 1. The first-order valence-corrected chi connectivity index (χ1v) is 7.68. The number of aromatic carboxylic acids is 1. The van der Waals surface area contributed by atoms with E-state index >= 15 is 0 Å². The van der Waals surface area contributed by atoms with Gasteiger partial charge in [-0.25, -0.2) is 9.59 Å². The Labute approximate surface area is 165 Å². The summed E-state index contributed by atoms with van der Waals surface area (Å²) in [7, 11) is 2.31. The van der Waals surface area contributed by atoms with Crippen molar-refractivity contribution in [3.05, 3.63) is 58.7 Å². The van der Waals surface area contributed by atoms with Crippen LogP contribution in [0.2, 0.25) is 0 Å². The summed E-state index contributed by atoms with van der Waals surface area (Å²) >= 11 is 0. The maximum absolute atomic E-state index is 12.4. The summed E-state index contributed by atoms with van der Waals surface area (Å²) < 4.78 is 82.7. The van der Waals surface area contributed by atoms with E-state index in [0.717, 1.165) is 19.2 Å². The third kappa shape index (κ3) is 6.87. The minimum atomic E-state index is -4.66. The lowest BCUT2D eigenvalue weighted by Crippen LogP contribution is -2.09. The van der Waals surface area contributed by atoms with Crippen LogP contribution in [0.1, 0.15) is 31.8 Å². The number of rotatable bonds is 3. The second-order valence-corrected chi connectivity index (χ2v) is 5.51. The van der Waals surface area contributed by atoms with Crippen molar-refractivity contribution < 1.29 is 55.6 Å². The number of methoxy groups -OCH3 is 2. The molecule has 2 N–H and O–H groups in total. The lowest BCUT2D eigenvalue weighted by atomic mass is 10.1. The molecule has 0 fully saturated rings. The lowest BCUT2D eigenvalue weighted by Gasteiger charge is -2.10. The van der Waals surface area contributed by atoms with Crippen LogP contribution in [0.25, 0.3) is 0 Å². The Balaban J connectivity index is 0.000000303.